The Bertz CT molecular complexity index is 222. The summed E-state index contributed by atoms with van der Waals surface area (Å²) in [5, 5.41) is 2.23. The van der Waals surface area contributed by atoms with Crippen molar-refractivity contribution >= 4 is 11.3 Å². The van der Waals surface area contributed by atoms with Gasteiger partial charge in [0.15, 0.2) is 0 Å². The van der Waals surface area contributed by atoms with Gasteiger partial charge in [-0.2, -0.15) is 0 Å². The molecule has 0 saturated heterocycles. The molecule has 4 heteroatoms. The van der Waals surface area contributed by atoms with Crippen molar-refractivity contribution in [3.05, 3.63) is 16.1 Å². The van der Waals surface area contributed by atoms with E-state index in [4.69, 9.17) is 0 Å². The number of rotatable bonds is 3. The van der Waals surface area contributed by atoms with Crippen molar-refractivity contribution in [3.63, 3.8) is 0 Å². The number of aromatic nitrogens is 1. The Labute approximate surface area is 68.1 Å². The quantitative estimate of drug-likeness (QED) is 0.691. The number of hydrogen-bond donors (Lipinski definition) is 0. The minimum atomic E-state index is -2.42. The lowest BCUT2D eigenvalue weighted by molar-refractivity contribution is 0.146. The van der Waals surface area contributed by atoms with Gasteiger partial charge in [-0.1, -0.05) is 6.92 Å². The van der Waals surface area contributed by atoms with E-state index in [1.807, 2.05) is 6.92 Å². The van der Waals surface area contributed by atoms with E-state index in [0.717, 1.165) is 17.8 Å². The Morgan fingerprint density at radius 3 is 2.82 bits per heavy atom. The number of thiazole rings is 1. The van der Waals surface area contributed by atoms with Crippen LogP contribution in [0.1, 0.15) is 30.5 Å². The largest absolute Gasteiger partial charge is 0.281 e. The molecule has 11 heavy (non-hydrogen) atoms. The summed E-state index contributed by atoms with van der Waals surface area (Å²) in [5.74, 6) is 0. The molecule has 0 aromatic carbocycles. The first-order valence-corrected chi connectivity index (χ1v) is 4.34. The molecule has 1 aromatic rings. The van der Waals surface area contributed by atoms with Gasteiger partial charge in [0.25, 0.3) is 6.43 Å². The van der Waals surface area contributed by atoms with Gasteiger partial charge >= 0.3 is 0 Å². The molecular weight excluding hydrogens is 168 g/mol. The highest BCUT2D eigenvalue weighted by Gasteiger charge is 2.10. The van der Waals surface area contributed by atoms with E-state index in [9.17, 15) is 8.78 Å². The van der Waals surface area contributed by atoms with E-state index in [1.54, 1.807) is 0 Å². The standard InChI is InChI=1S/C7H9F2NS/c1-2-3-6-10-5(4-11-6)7(8)9/h4,7H,2-3H2,1H3. The summed E-state index contributed by atoms with van der Waals surface area (Å²) in [6.45, 7) is 2.00. The van der Waals surface area contributed by atoms with E-state index in [2.05, 4.69) is 4.98 Å². The summed E-state index contributed by atoms with van der Waals surface area (Å²) in [7, 11) is 0. The fraction of sp³-hybridized carbons (Fsp3) is 0.571. The zero-order valence-electron chi connectivity index (χ0n) is 6.18. The first-order chi connectivity index (χ1) is 5.24. The molecule has 1 nitrogen and oxygen atoms in total. The molecule has 0 aliphatic carbocycles. The van der Waals surface area contributed by atoms with Gasteiger partial charge in [-0.25, -0.2) is 13.8 Å². The van der Waals surface area contributed by atoms with Crippen LogP contribution in [0.5, 0.6) is 0 Å². The van der Waals surface area contributed by atoms with Crippen molar-refractivity contribution in [1.82, 2.24) is 4.98 Å². The fourth-order valence-electron chi connectivity index (χ4n) is 0.754. The molecule has 1 rings (SSSR count). The maximum atomic E-state index is 12.0. The summed E-state index contributed by atoms with van der Waals surface area (Å²) < 4.78 is 23.9. The summed E-state index contributed by atoms with van der Waals surface area (Å²) in [6.07, 6.45) is -0.662. The minimum absolute atomic E-state index is 0.0848. The average Bonchev–Trinajstić information content (AvgIpc) is 2.37. The van der Waals surface area contributed by atoms with Gasteiger partial charge in [-0.05, 0) is 12.8 Å². The Balaban J connectivity index is 2.66. The number of hydrogen-bond acceptors (Lipinski definition) is 2. The molecule has 0 saturated carbocycles. The topological polar surface area (TPSA) is 12.9 Å². The smallest absolute Gasteiger partial charge is 0.240 e. The van der Waals surface area contributed by atoms with E-state index < -0.39 is 6.43 Å². The second-order valence-corrected chi connectivity index (χ2v) is 3.16. The fourth-order valence-corrected chi connectivity index (χ4v) is 1.65. The van der Waals surface area contributed by atoms with Crippen LogP contribution in [0.15, 0.2) is 5.38 Å². The van der Waals surface area contributed by atoms with Crippen LogP contribution < -0.4 is 0 Å². The van der Waals surface area contributed by atoms with Crippen LogP contribution in [0.3, 0.4) is 0 Å². The van der Waals surface area contributed by atoms with Crippen molar-refractivity contribution in [3.8, 4) is 0 Å². The molecule has 0 spiro atoms. The number of alkyl halides is 2. The van der Waals surface area contributed by atoms with Crippen molar-refractivity contribution in [2.75, 3.05) is 0 Å². The zero-order chi connectivity index (χ0) is 8.27. The average molecular weight is 177 g/mol. The molecular formula is C7H9F2NS. The highest BCUT2D eigenvalue weighted by atomic mass is 32.1. The Kier molecular flexibility index (Phi) is 2.93. The molecule has 1 heterocycles. The molecule has 0 atom stereocenters. The molecule has 0 aliphatic rings. The molecule has 0 unspecified atom stereocenters. The van der Waals surface area contributed by atoms with Crippen LogP contribution in [0.4, 0.5) is 8.78 Å². The molecule has 1 aromatic heterocycles. The monoisotopic (exact) mass is 177 g/mol. The van der Waals surface area contributed by atoms with Gasteiger partial charge in [0.05, 0.1) is 5.01 Å². The van der Waals surface area contributed by atoms with E-state index in [0.29, 0.717) is 0 Å². The van der Waals surface area contributed by atoms with Crippen LogP contribution in [-0.4, -0.2) is 4.98 Å². The minimum Gasteiger partial charge on any atom is -0.240 e. The Morgan fingerprint density at radius 2 is 2.36 bits per heavy atom. The van der Waals surface area contributed by atoms with Gasteiger partial charge < -0.3 is 0 Å². The summed E-state index contributed by atoms with van der Waals surface area (Å²) >= 11 is 1.31. The summed E-state index contributed by atoms with van der Waals surface area (Å²) in [6, 6.07) is 0. The van der Waals surface area contributed by atoms with Gasteiger partial charge in [-0.15, -0.1) is 11.3 Å². The van der Waals surface area contributed by atoms with Crippen LogP contribution in [0, 0.1) is 0 Å². The molecule has 0 radical (unpaired) electrons. The lowest BCUT2D eigenvalue weighted by Crippen LogP contribution is -1.85. The Hall–Kier alpha value is -0.510. The van der Waals surface area contributed by atoms with Gasteiger partial charge in [0, 0.05) is 5.38 Å². The third-order valence-corrected chi connectivity index (χ3v) is 2.18. The second kappa shape index (κ2) is 3.76. The number of aryl methyl sites for hydroxylation is 1. The SMILES string of the molecule is CCCc1nc(C(F)F)cs1. The predicted octanol–water partition coefficient (Wildman–Crippen LogP) is 3.03. The Morgan fingerprint density at radius 1 is 1.64 bits per heavy atom. The van der Waals surface area contributed by atoms with E-state index in [-0.39, 0.29) is 5.69 Å². The van der Waals surface area contributed by atoms with Crippen LogP contribution >= 0.6 is 11.3 Å². The van der Waals surface area contributed by atoms with Gasteiger partial charge in [0.1, 0.15) is 5.69 Å². The second-order valence-electron chi connectivity index (χ2n) is 2.22. The first kappa shape index (κ1) is 8.59. The maximum absolute atomic E-state index is 12.0. The normalized spacial score (nSPS) is 10.9. The molecule has 62 valence electrons. The van der Waals surface area contributed by atoms with E-state index in [1.165, 1.54) is 16.7 Å². The third kappa shape index (κ3) is 2.22. The molecule has 0 N–H and O–H groups in total. The first-order valence-electron chi connectivity index (χ1n) is 3.46. The molecule has 0 bridgehead atoms. The lowest BCUT2D eigenvalue weighted by atomic mass is 10.3. The van der Waals surface area contributed by atoms with Crippen LogP contribution in [-0.2, 0) is 6.42 Å². The van der Waals surface area contributed by atoms with Crippen molar-refractivity contribution in [2.24, 2.45) is 0 Å². The van der Waals surface area contributed by atoms with Crippen molar-refractivity contribution in [2.45, 2.75) is 26.2 Å². The van der Waals surface area contributed by atoms with Crippen molar-refractivity contribution in [1.29, 1.82) is 0 Å². The van der Waals surface area contributed by atoms with Crippen LogP contribution in [0.25, 0.3) is 0 Å². The lowest BCUT2D eigenvalue weighted by Gasteiger charge is -1.90. The molecule has 0 aliphatic heterocycles. The molecule has 0 fully saturated rings. The predicted molar refractivity (Wildman–Crippen MR) is 41.1 cm³/mol. The third-order valence-electron chi connectivity index (χ3n) is 1.26. The number of nitrogens with zero attached hydrogens (tertiary/aromatic N) is 1. The van der Waals surface area contributed by atoms with Gasteiger partial charge in [-0.3, -0.25) is 0 Å². The van der Waals surface area contributed by atoms with Crippen molar-refractivity contribution < 1.29 is 8.78 Å². The van der Waals surface area contributed by atoms with Gasteiger partial charge in [0.2, 0.25) is 0 Å². The highest BCUT2D eigenvalue weighted by Crippen LogP contribution is 2.21. The summed E-state index contributed by atoms with van der Waals surface area (Å²) in [4.78, 5) is 3.77. The zero-order valence-corrected chi connectivity index (χ0v) is 7.00. The number of halogens is 2. The van der Waals surface area contributed by atoms with E-state index >= 15 is 0 Å². The highest BCUT2D eigenvalue weighted by molar-refractivity contribution is 7.09. The van der Waals surface area contributed by atoms with Crippen LogP contribution in [0.2, 0.25) is 0 Å². The maximum Gasteiger partial charge on any atom is 0.281 e. The molecule has 0 amide bonds. The summed E-state index contributed by atoms with van der Waals surface area (Å²) in [5.41, 5.74) is -0.0848.